The lowest BCUT2D eigenvalue weighted by Gasteiger charge is -2.39. The van der Waals surface area contributed by atoms with Gasteiger partial charge in [0.2, 0.25) is 0 Å². The quantitative estimate of drug-likeness (QED) is 0.121. The topological polar surface area (TPSA) is 53.5 Å². The molecule has 410 valence electrons. The molecule has 6 nitrogen and oxygen atoms in total. The van der Waals surface area contributed by atoms with E-state index in [9.17, 15) is 0 Å². The SMILES string of the molecule is C[Si](C)(C)c1ccc(-c2nc(-c3ccc([Si](C)(C)C4CCCCC4)cc3)nc(-c3cc(-n4c5ccccc5c5ccccc54)c(-n4c5ccccc5c5ccccc54)c(-n4c5ccccc5c5cc([Si](C)(C)C6CCC6)ccc54)c3)n2)cc1. The summed E-state index contributed by atoms with van der Waals surface area (Å²) in [5.41, 5.74) is 14.6. The van der Waals surface area contributed by atoms with Gasteiger partial charge in [0.05, 0.1) is 74.4 Å². The van der Waals surface area contributed by atoms with Crippen molar-refractivity contribution >= 4 is 105 Å². The molecule has 4 aromatic heterocycles. The molecule has 4 heterocycles. The lowest BCUT2D eigenvalue weighted by atomic mass is 10.00. The average molecular weight is 1130 g/mol. The van der Waals surface area contributed by atoms with Crippen LogP contribution in [0.2, 0.25) is 56.9 Å². The van der Waals surface area contributed by atoms with Crippen molar-refractivity contribution in [2.75, 3.05) is 0 Å². The fraction of sp³-hybridized carbons (Fsp3) is 0.230. The van der Waals surface area contributed by atoms with Crippen molar-refractivity contribution in [2.24, 2.45) is 0 Å². The first kappa shape index (κ1) is 51.9. The maximum Gasteiger partial charge on any atom is 0.164 e. The van der Waals surface area contributed by atoms with Gasteiger partial charge in [0.15, 0.2) is 17.5 Å². The van der Waals surface area contributed by atoms with Gasteiger partial charge in [-0.05, 0) is 59.6 Å². The summed E-state index contributed by atoms with van der Waals surface area (Å²) in [5.74, 6) is 1.98. The second kappa shape index (κ2) is 19.9. The first-order valence-electron chi connectivity index (χ1n) is 30.5. The van der Waals surface area contributed by atoms with E-state index < -0.39 is 24.2 Å². The van der Waals surface area contributed by atoms with Crippen molar-refractivity contribution in [3.8, 4) is 51.2 Å². The maximum atomic E-state index is 5.67. The average Bonchev–Trinajstić information content (AvgIpc) is 2.58. The van der Waals surface area contributed by atoms with Crippen LogP contribution in [0.1, 0.15) is 51.4 Å². The summed E-state index contributed by atoms with van der Waals surface area (Å²) in [5, 5.41) is 11.8. The van der Waals surface area contributed by atoms with Gasteiger partial charge in [0.25, 0.3) is 0 Å². The lowest BCUT2D eigenvalue weighted by molar-refractivity contribution is 0.489. The zero-order valence-corrected chi connectivity index (χ0v) is 52.0. The first-order chi connectivity index (χ1) is 40.3. The minimum absolute atomic E-state index is 0.633. The Labute approximate surface area is 490 Å². The fourth-order valence-electron chi connectivity index (χ4n) is 14.6. The normalized spacial score (nSPS) is 14.9. The zero-order valence-electron chi connectivity index (χ0n) is 49.0. The lowest BCUT2D eigenvalue weighted by Crippen LogP contribution is -2.48. The molecular weight excluding hydrogens is 1060 g/mol. The summed E-state index contributed by atoms with van der Waals surface area (Å²) >= 11 is 0. The first-order valence-corrected chi connectivity index (χ1v) is 40.1. The number of para-hydroxylation sites is 5. The Kier molecular flexibility index (Phi) is 12.4. The molecule has 83 heavy (non-hydrogen) atoms. The predicted octanol–water partition coefficient (Wildman–Crippen LogP) is 18.4. The minimum Gasteiger partial charge on any atom is -0.307 e. The smallest absolute Gasteiger partial charge is 0.164 e. The number of hydrogen-bond acceptors (Lipinski definition) is 3. The van der Waals surface area contributed by atoms with Crippen LogP contribution >= 0.6 is 0 Å². The molecule has 0 unspecified atom stereocenters. The number of nitrogens with zero attached hydrogens (tertiary/aromatic N) is 6. The second-order valence-corrected chi connectivity index (χ2v) is 41.1. The van der Waals surface area contributed by atoms with Crippen molar-refractivity contribution in [1.82, 2.24) is 28.7 Å². The molecule has 0 saturated heterocycles. The maximum absolute atomic E-state index is 5.67. The Balaban J connectivity index is 1.07. The van der Waals surface area contributed by atoms with Crippen LogP contribution in [0.3, 0.4) is 0 Å². The molecule has 2 fully saturated rings. The van der Waals surface area contributed by atoms with Gasteiger partial charge in [-0.2, -0.15) is 0 Å². The number of fused-ring (bicyclic) bond motifs is 9. The molecule has 0 atom stereocenters. The third kappa shape index (κ3) is 8.55. The summed E-state index contributed by atoms with van der Waals surface area (Å²) in [6.45, 7) is 17.6. The van der Waals surface area contributed by atoms with Crippen LogP contribution in [-0.2, 0) is 0 Å². The van der Waals surface area contributed by atoms with Crippen molar-refractivity contribution in [3.63, 3.8) is 0 Å². The Morgan fingerprint density at radius 2 is 0.663 bits per heavy atom. The summed E-state index contributed by atoms with van der Waals surface area (Å²) in [4.78, 5) is 16.8. The van der Waals surface area contributed by atoms with Gasteiger partial charge in [-0.15, -0.1) is 0 Å². The van der Waals surface area contributed by atoms with Crippen LogP contribution in [0, 0.1) is 0 Å². The van der Waals surface area contributed by atoms with E-state index >= 15 is 0 Å². The molecule has 0 spiro atoms. The van der Waals surface area contributed by atoms with Gasteiger partial charge in [-0.25, -0.2) is 15.0 Å². The highest BCUT2D eigenvalue weighted by Crippen LogP contribution is 2.46. The summed E-state index contributed by atoms with van der Waals surface area (Å²) in [6, 6.07) is 75.7. The highest BCUT2D eigenvalue weighted by atomic mass is 28.3. The molecule has 9 aromatic carbocycles. The second-order valence-electron chi connectivity index (χ2n) is 26.3. The highest BCUT2D eigenvalue weighted by Gasteiger charge is 2.38. The Hall–Kier alpha value is -7.96. The molecule has 13 aromatic rings. The Morgan fingerprint density at radius 3 is 1.08 bits per heavy atom. The van der Waals surface area contributed by atoms with Crippen molar-refractivity contribution < 1.29 is 0 Å². The van der Waals surface area contributed by atoms with Gasteiger partial charge in [-0.3, -0.25) is 0 Å². The number of rotatable bonds is 11. The molecule has 0 bridgehead atoms. The molecule has 0 N–H and O–H groups in total. The summed E-state index contributed by atoms with van der Waals surface area (Å²) in [6.07, 6.45) is 10.8. The molecule has 15 rings (SSSR count). The van der Waals surface area contributed by atoms with E-state index in [1.165, 1.54) is 105 Å². The number of aromatic nitrogens is 6. The van der Waals surface area contributed by atoms with E-state index in [-0.39, 0.29) is 0 Å². The molecule has 2 aliphatic rings. The van der Waals surface area contributed by atoms with Gasteiger partial charge in [0.1, 0.15) is 0 Å². The third-order valence-electron chi connectivity index (χ3n) is 19.9. The van der Waals surface area contributed by atoms with E-state index in [2.05, 4.69) is 260 Å². The van der Waals surface area contributed by atoms with Crippen molar-refractivity contribution in [2.45, 2.75) is 108 Å². The molecular formula is C74H72N6Si3. The zero-order chi connectivity index (χ0) is 56.4. The van der Waals surface area contributed by atoms with Gasteiger partial charge < -0.3 is 13.7 Å². The largest absolute Gasteiger partial charge is 0.307 e. The minimum atomic E-state index is -1.77. The number of hydrogen-bond donors (Lipinski definition) is 0. The number of benzene rings is 9. The van der Waals surface area contributed by atoms with Crippen LogP contribution in [0.4, 0.5) is 0 Å². The molecule has 0 amide bonds. The Morgan fingerprint density at radius 1 is 0.313 bits per heavy atom. The standard InChI is InChI=1S/C74H72N6Si3/c1-81(2,3)52-40-36-49(37-41-52)72-75-73(50-38-42-55(43-39-50)82(4,5)53-22-9-8-10-23-53)77-74(76-72)51-46-69(78-63-31-16-11-26-57(63)58-27-12-17-32-64(58)78)71(80-66-34-19-13-28-59(66)60-29-14-20-35-67(60)80)70(47-51)79-65-33-18-15-30-61(65)62-48-56(44-45-68(62)79)83(6,7)54-24-21-25-54/h11-20,26-48,53-54H,8-10,21-25H2,1-7H3. The van der Waals surface area contributed by atoms with Crippen LogP contribution < -0.4 is 15.6 Å². The highest BCUT2D eigenvalue weighted by molar-refractivity contribution is 6.91. The fourth-order valence-corrected chi connectivity index (χ4v) is 22.5. The summed E-state index contributed by atoms with van der Waals surface area (Å²) in [7, 11) is -5.10. The van der Waals surface area contributed by atoms with Gasteiger partial charge in [-0.1, -0.05) is 264 Å². The van der Waals surface area contributed by atoms with E-state index in [1.54, 1.807) is 0 Å². The van der Waals surface area contributed by atoms with E-state index in [0.717, 1.165) is 72.4 Å². The molecule has 2 aliphatic carbocycles. The Bertz CT molecular complexity index is 4570. The molecule has 0 aliphatic heterocycles. The molecule has 9 heteroatoms. The van der Waals surface area contributed by atoms with Crippen molar-refractivity contribution in [1.29, 1.82) is 0 Å². The van der Waals surface area contributed by atoms with Gasteiger partial charge >= 0.3 is 0 Å². The van der Waals surface area contributed by atoms with E-state index in [0.29, 0.717) is 17.5 Å². The van der Waals surface area contributed by atoms with Crippen LogP contribution in [0.15, 0.2) is 200 Å². The van der Waals surface area contributed by atoms with Crippen molar-refractivity contribution in [3.05, 3.63) is 200 Å². The van der Waals surface area contributed by atoms with Crippen LogP contribution in [-0.4, -0.2) is 52.9 Å². The van der Waals surface area contributed by atoms with E-state index in [1.807, 2.05) is 0 Å². The monoisotopic (exact) mass is 1130 g/mol. The van der Waals surface area contributed by atoms with Gasteiger partial charge in [0, 0.05) is 49.0 Å². The third-order valence-corrected chi connectivity index (χ3v) is 30.8. The van der Waals surface area contributed by atoms with Crippen LogP contribution in [0.5, 0.6) is 0 Å². The van der Waals surface area contributed by atoms with E-state index in [4.69, 9.17) is 15.0 Å². The molecule has 2 saturated carbocycles. The van der Waals surface area contributed by atoms with Crippen LogP contribution in [0.25, 0.3) is 117 Å². The summed E-state index contributed by atoms with van der Waals surface area (Å²) < 4.78 is 7.64. The molecule has 0 radical (unpaired) electrons. The predicted molar refractivity (Wildman–Crippen MR) is 361 cm³/mol.